The predicted molar refractivity (Wildman–Crippen MR) is 102 cm³/mol. The van der Waals surface area contributed by atoms with Gasteiger partial charge < -0.3 is 15.4 Å². The number of carbonyl (C=O) groups excluding carboxylic acids is 1. The fourth-order valence-electron chi connectivity index (χ4n) is 2.52. The molecule has 2 N–H and O–H groups in total. The van der Waals surface area contributed by atoms with Gasteiger partial charge in [-0.25, -0.2) is 9.97 Å². The maximum atomic E-state index is 12.4. The van der Waals surface area contributed by atoms with Crippen LogP contribution >= 0.6 is 23.2 Å². The van der Waals surface area contributed by atoms with E-state index in [1.54, 1.807) is 24.3 Å². The number of nitrogens with one attached hydrogen (secondary N) is 2. The summed E-state index contributed by atoms with van der Waals surface area (Å²) in [6.07, 6.45) is 1.35. The molecule has 9 heteroatoms. The molecule has 0 aliphatic carbocycles. The average Bonchev–Trinajstić information content (AvgIpc) is 2.66. The Morgan fingerprint density at radius 2 is 2.00 bits per heavy atom. The van der Waals surface area contributed by atoms with Crippen molar-refractivity contribution in [2.75, 3.05) is 50.0 Å². The number of halogens is 2. The standard InChI is InChI=1S/C17H19Cl2N5O2/c18-12-1-2-13(19)14(9-12)23-17(25)15-10-16(22-11-21-15)20-3-4-24-5-7-26-8-6-24/h1-2,9-11H,3-8H2,(H,23,25)(H,20,21,22). The Morgan fingerprint density at radius 3 is 2.81 bits per heavy atom. The molecule has 1 aromatic heterocycles. The molecule has 0 atom stereocenters. The number of anilines is 2. The molecule has 1 aliphatic rings. The molecule has 1 aliphatic heterocycles. The third kappa shape index (κ3) is 5.28. The van der Waals surface area contributed by atoms with Crippen molar-refractivity contribution < 1.29 is 9.53 Å². The molecule has 0 spiro atoms. The largest absolute Gasteiger partial charge is 0.379 e. The zero-order valence-electron chi connectivity index (χ0n) is 14.0. The van der Waals surface area contributed by atoms with E-state index in [2.05, 4.69) is 25.5 Å². The van der Waals surface area contributed by atoms with E-state index >= 15 is 0 Å². The van der Waals surface area contributed by atoms with Crippen molar-refractivity contribution in [1.29, 1.82) is 0 Å². The molecule has 0 bridgehead atoms. The van der Waals surface area contributed by atoms with Gasteiger partial charge in [-0.2, -0.15) is 0 Å². The molecule has 138 valence electrons. The van der Waals surface area contributed by atoms with Gasteiger partial charge in [0.05, 0.1) is 23.9 Å². The minimum atomic E-state index is -0.382. The molecule has 0 unspecified atom stereocenters. The van der Waals surface area contributed by atoms with Crippen LogP contribution in [0.3, 0.4) is 0 Å². The Hall–Kier alpha value is -1.93. The van der Waals surface area contributed by atoms with Crippen molar-refractivity contribution in [1.82, 2.24) is 14.9 Å². The van der Waals surface area contributed by atoms with Gasteiger partial charge in [-0.15, -0.1) is 0 Å². The fraction of sp³-hybridized carbons (Fsp3) is 0.353. The maximum Gasteiger partial charge on any atom is 0.274 e. The van der Waals surface area contributed by atoms with Crippen LogP contribution in [-0.2, 0) is 4.74 Å². The Kier molecular flexibility index (Phi) is 6.62. The Labute approximate surface area is 161 Å². The van der Waals surface area contributed by atoms with Gasteiger partial charge in [0.2, 0.25) is 0 Å². The molecule has 26 heavy (non-hydrogen) atoms. The smallest absolute Gasteiger partial charge is 0.274 e. The van der Waals surface area contributed by atoms with Crippen molar-refractivity contribution in [3.05, 3.63) is 46.3 Å². The molecule has 2 aromatic rings. The monoisotopic (exact) mass is 395 g/mol. The van der Waals surface area contributed by atoms with Gasteiger partial charge in [0.25, 0.3) is 5.91 Å². The molecule has 0 radical (unpaired) electrons. The van der Waals surface area contributed by atoms with Gasteiger partial charge in [0.15, 0.2) is 0 Å². The van der Waals surface area contributed by atoms with Crippen LogP contribution in [0.25, 0.3) is 0 Å². The second kappa shape index (κ2) is 9.14. The first-order valence-electron chi connectivity index (χ1n) is 8.24. The van der Waals surface area contributed by atoms with Crippen molar-refractivity contribution >= 4 is 40.6 Å². The highest BCUT2D eigenvalue weighted by atomic mass is 35.5. The zero-order chi connectivity index (χ0) is 18.4. The van der Waals surface area contributed by atoms with E-state index in [1.165, 1.54) is 6.33 Å². The van der Waals surface area contributed by atoms with Crippen LogP contribution in [0.4, 0.5) is 11.5 Å². The number of amides is 1. The third-order valence-electron chi connectivity index (χ3n) is 3.91. The number of rotatable bonds is 6. The molecule has 1 saturated heterocycles. The van der Waals surface area contributed by atoms with Gasteiger partial charge in [0, 0.05) is 37.3 Å². The number of ether oxygens (including phenoxy) is 1. The van der Waals surface area contributed by atoms with Gasteiger partial charge in [-0.05, 0) is 18.2 Å². The summed E-state index contributed by atoms with van der Waals surface area (Å²) in [5.41, 5.74) is 0.675. The van der Waals surface area contributed by atoms with Crippen molar-refractivity contribution in [2.45, 2.75) is 0 Å². The quantitative estimate of drug-likeness (QED) is 0.782. The van der Waals surface area contributed by atoms with Crippen LogP contribution in [0.2, 0.25) is 10.0 Å². The van der Waals surface area contributed by atoms with E-state index in [0.29, 0.717) is 21.6 Å². The second-order valence-corrected chi connectivity index (χ2v) is 6.59. The molecule has 7 nitrogen and oxygen atoms in total. The highest BCUT2D eigenvalue weighted by Crippen LogP contribution is 2.25. The van der Waals surface area contributed by atoms with E-state index in [4.69, 9.17) is 27.9 Å². The highest BCUT2D eigenvalue weighted by molar-refractivity contribution is 6.35. The van der Waals surface area contributed by atoms with E-state index in [1.807, 2.05) is 0 Å². The van der Waals surface area contributed by atoms with Crippen LogP contribution in [0, 0.1) is 0 Å². The second-order valence-electron chi connectivity index (χ2n) is 5.75. The number of hydrogen-bond acceptors (Lipinski definition) is 6. The molecular weight excluding hydrogens is 377 g/mol. The molecular formula is C17H19Cl2N5O2. The summed E-state index contributed by atoms with van der Waals surface area (Å²) >= 11 is 12.0. The first-order chi connectivity index (χ1) is 12.6. The summed E-state index contributed by atoms with van der Waals surface area (Å²) in [5, 5.41) is 6.81. The lowest BCUT2D eigenvalue weighted by molar-refractivity contribution is 0.0398. The summed E-state index contributed by atoms with van der Waals surface area (Å²) in [6, 6.07) is 6.47. The van der Waals surface area contributed by atoms with Gasteiger partial charge in [-0.3, -0.25) is 9.69 Å². The SMILES string of the molecule is O=C(Nc1cc(Cl)ccc1Cl)c1cc(NCCN2CCOCC2)ncn1. The van der Waals surface area contributed by atoms with E-state index in [0.717, 1.165) is 39.4 Å². The lowest BCUT2D eigenvalue weighted by Gasteiger charge is -2.26. The number of hydrogen-bond donors (Lipinski definition) is 2. The van der Waals surface area contributed by atoms with E-state index in [9.17, 15) is 4.79 Å². The topological polar surface area (TPSA) is 79.4 Å². The summed E-state index contributed by atoms with van der Waals surface area (Å²) in [5.74, 6) is 0.211. The van der Waals surface area contributed by atoms with Crippen molar-refractivity contribution in [3.8, 4) is 0 Å². The molecule has 3 rings (SSSR count). The van der Waals surface area contributed by atoms with Gasteiger partial charge >= 0.3 is 0 Å². The lowest BCUT2D eigenvalue weighted by Crippen LogP contribution is -2.39. The molecule has 2 heterocycles. The number of aromatic nitrogens is 2. The normalized spacial score (nSPS) is 14.8. The number of nitrogens with zero attached hydrogens (tertiary/aromatic N) is 3. The average molecular weight is 396 g/mol. The predicted octanol–water partition coefficient (Wildman–Crippen LogP) is 2.78. The van der Waals surface area contributed by atoms with Gasteiger partial charge in [-0.1, -0.05) is 23.2 Å². The lowest BCUT2D eigenvalue weighted by atomic mass is 10.3. The Bertz CT molecular complexity index is 769. The van der Waals surface area contributed by atoms with Crippen LogP contribution in [0.5, 0.6) is 0 Å². The summed E-state index contributed by atoms with van der Waals surface area (Å²) < 4.78 is 5.33. The Balaban J connectivity index is 1.57. The molecule has 1 fully saturated rings. The molecule has 1 amide bonds. The van der Waals surface area contributed by atoms with Crippen molar-refractivity contribution in [3.63, 3.8) is 0 Å². The highest BCUT2D eigenvalue weighted by Gasteiger charge is 2.12. The molecule has 0 saturated carbocycles. The van der Waals surface area contributed by atoms with Crippen LogP contribution in [0.1, 0.15) is 10.5 Å². The van der Waals surface area contributed by atoms with E-state index < -0.39 is 0 Å². The number of carbonyl (C=O) groups is 1. The zero-order valence-corrected chi connectivity index (χ0v) is 15.6. The van der Waals surface area contributed by atoms with Crippen LogP contribution in [0.15, 0.2) is 30.6 Å². The molecule has 1 aromatic carbocycles. The number of morpholine rings is 1. The first kappa shape index (κ1) is 18.8. The number of benzene rings is 1. The third-order valence-corrected chi connectivity index (χ3v) is 4.48. The van der Waals surface area contributed by atoms with Crippen molar-refractivity contribution in [2.24, 2.45) is 0 Å². The summed E-state index contributed by atoms with van der Waals surface area (Å²) in [4.78, 5) is 22.9. The minimum Gasteiger partial charge on any atom is -0.379 e. The summed E-state index contributed by atoms with van der Waals surface area (Å²) in [6.45, 7) is 5.00. The van der Waals surface area contributed by atoms with E-state index in [-0.39, 0.29) is 11.6 Å². The minimum absolute atomic E-state index is 0.241. The first-order valence-corrected chi connectivity index (χ1v) is 9.00. The Morgan fingerprint density at radius 1 is 1.19 bits per heavy atom. The maximum absolute atomic E-state index is 12.4. The van der Waals surface area contributed by atoms with Crippen LogP contribution < -0.4 is 10.6 Å². The fourth-order valence-corrected chi connectivity index (χ4v) is 2.86. The van der Waals surface area contributed by atoms with Crippen LogP contribution in [-0.4, -0.2) is 60.2 Å². The summed E-state index contributed by atoms with van der Waals surface area (Å²) in [7, 11) is 0. The van der Waals surface area contributed by atoms with Gasteiger partial charge in [0.1, 0.15) is 17.8 Å².